The smallest absolute Gasteiger partial charge is 0.0951 e. The van der Waals surface area contributed by atoms with Gasteiger partial charge in [-0.3, -0.25) is 0 Å². The van der Waals surface area contributed by atoms with Crippen LogP contribution in [0.15, 0.2) is 12.5 Å². The third-order valence-electron chi connectivity index (χ3n) is 4.07. The second kappa shape index (κ2) is 4.78. The molecule has 0 radical (unpaired) electrons. The average molecular weight is 235 g/mol. The van der Waals surface area contributed by atoms with Crippen LogP contribution in [-0.2, 0) is 4.74 Å². The van der Waals surface area contributed by atoms with Gasteiger partial charge in [0, 0.05) is 30.8 Å². The Morgan fingerprint density at radius 2 is 2.41 bits per heavy atom. The summed E-state index contributed by atoms with van der Waals surface area (Å²) in [6, 6.07) is 1.07. The molecule has 1 aromatic heterocycles. The average Bonchev–Trinajstić information content (AvgIpc) is 3.00. The fraction of sp³-hybridized carbons (Fsp3) is 0.769. The van der Waals surface area contributed by atoms with Crippen LogP contribution in [0.4, 0.5) is 0 Å². The first kappa shape index (κ1) is 11.2. The molecule has 0 spiro atoms. The van der Waals surface area contributed by atoms with E-state index in [0.717, 1.165) is 26.2 Å². The first-order chi connectivity index (χ1) is 8.36. The van der Waals surface area contributed by atoms with Crippen molar-refractivity contribution in [1.82, 2.24) is 14.9 Å². The molecule has 2 fully saturated rings. The van der Waals surface area contributed by atoms with Crippen LogP contribution in [0.25, 0.3) is 0 Å². The predicted octanol–water partition coefficient (Wildman–Crippen LogP) is 1.91. The van der Waals surface area contributed by atoms with Crippen LogP contribution in [0, 0.1) is 5.92 Å². The van der Waals surface area contributed by atoms with Crippen LogP contribution in [-0.4, -0.2) is 29.3 Å². The van der Waals surface area contributed by atoms with E-state index in [2.05, 4.69) is 21.8 Å². The van der Waals surface area contributed by atoms with E-state index in [9.17, 15) is 0 Å². The zero-order valence-electron chi connectivity index (χ0n) is 10.4. The largest absolute Gasteiger partial charge is 0.381 e. The fourth-order valence-corrected chi connectivity index (χ4v) is 3.08. The van der Waals surface area contributed by atoms with Gasteiger partial charge in [0.1, 0.15) is 0 Å². The van der Waals surface area contributed by atoms with Gasteiger partial charge in [0.2, 0.25) is 0 Å². The van der Waals surface area contributed by atoms with Crippen LogP contribution in [0.2, 0.25) is 0 Å². The van der Waals surface area contributed by atoms with Crippen LogP contribution in [0.3, 0.4) is 0 Å². The Labute approximate surface area is 102 Å². The number of nitrogens with one attached hydrogen (secondary N) is 1. The minimum Gasteiger partial charge on any atom is -0.381 e. The van der Waals surface area contributed by atoms with Crippen molar-refractivity contribution in [2.45, 2.75) is 38.3 Å². The quantitative estimate of drug-likeness (QED) is 0.851. The molecule has 3 unspecified atom stereocenters. The van der Waals surface area contributed by atoms with Gasteiger partial charge in [-0.15, -0.1) is 0 Å². The Hall–Kier alpha value is -0.870. The lowest BCUT2D eigenvalue weighted by atomic mass is 9.97. The van der Waals surface area contributed by atoms with Crippen molar-refractivity contribution < 1.29 is 4.74 Å². The molecule has 4 nitrogen and oxygen atoms in total. The zero-order chi connectivity index (χ0) is 11.7. The molecule has 0 aliphatic carbocycles. The van der Waals surface area contributed by atoms with Crippen molar-refractivity contribution in [3.63, 3.8) is 0 Å². The minimum atomic E-state index is 0.507. The summed E-state index contributed by atoms with van der Waals surface area (Å²) in [7, 11) is 0. The van der Waals surface area contributed by atoms with Crippen molar-refractivity contribution in [3.8, 4) is 0 Å². The van der Waals surface area contributed by atoms with Gasteiger partial charge in [-0.2, -0.15) is 0 Å². The third-order valence-corrected chi connectivity index (χ3v) is 4.07. The molecule has 3 rings (SSSR count). The molecule has 0 amide bonds. The number of hydrogen-bond donors (Lipinski definition) is 1. The molecule has 0 aromatic carbocycles. The first-order valence-corrected chi connectivity index (χ1v) is 6.69. The standard InChI is InChI=1S/C13H21N3O/c1-10-8-17-6-4-12(10)16-9-14-7-13(16)11-3-2-5-15-11/h7,9-12,15H,2-6,8H2,1H3. The molecule has 17 heavy (non-hydrogen) atoms. The number of nitrogens with zero attached hydrogens (tertiary/aromatic N) is 2. The summed E-state index contributed by atoms with van der Waals surface area (Å²) in [5, 5.41) is 3.56. The lowest BCUT2D eigenvalue weighted by Crippen LogP contribution is -2.30. The summed E-state index contributed by atoms with van der Waals surface area (Å²) in [6.45, 7) is 5.17. The molecule has 3 atom stereocenters. The summed E-state index contributed by atoms with van der Waals surface area (Å²) < 4.78 is 7.91. The lowest BCUT2D eigenvalue weighted by molar-refractivity contribution is 0.0275. The van der Waals surface area contributed by atoms with E-state index in [4.69, 9.17) is 4.74 Å². The Morgan fingerprint density at radius 1 is 1.47 bits per heavy atom. The number of ether oxygens (including phenoxy) is 1. The van der Waals surface area contributed by atoms with E-state index >= 15 is 0 Å². The van der Waals surface area contributed by atoms with Gasteiger partial charge in [-0.05, 0) is 25.8 Å². The molecule has 0 saturated carbocycles. The minimum absolute atomic E-state index is 0.507. The highest BCUT2D eigenvalue weighted by Crippen LogP contribution is 2.31. The van der Waals surface area contributed by atoms with Gasteiger partial charge in [-0.1, -0.05) is 6.92 Å². The normalized spacial score (nSPS) is 34.1. The molecule has 1 N–H and O–H groups in total. The maximum atomic E-state index is 5.53. The number of rotatable bonds is 2. The molecular weight excluding hydrogens is 214 g/mol. The van der Waals surface area contributed by atoms with Crippen molar-refractivity contribution in [3.05, 3.63) is 18.2 Å². The topological polar surface area (TPSA) is 39.1 Å². The number of hydrogen-bond acceptors (Lipinski definition) is 3. The Kier molecular flexibility index (Phi) is 3.16. The maximum Gasteiger partial charge on any atom is 0.0951 e. The summed E-state index contributed by atoms with van der Waals surface area (Å²) in [5.41, 5.74) is 1.36. The zero-order valence-corrected chi connectivity index (χ0v) is 10.4. The highest BCUT2D eigenvalue weighted by molar-refractivity contribution is 5.09. The van der Waals surface area contributed by atoms with E-state index in [1.54, 1.807) is 0 Å². The van der Waals surface area contributed by atoms with E-state index in [1.807, 2.05) is 12.5 Å². The van der Waals surface area contributed by atoms with E-state index in [-0.39, 0.29) is 0 Å². The molecule has 0 bridgehead atoms. The van der Waals surface area contributed by atoms with Crippen molar-refractivity contribution in [2.24, 2.45) is 5.92 Å². The molecule has 1 aromatic rings. The highest BCUT2D eigenvalue weighted by Gasteiger charge is 2.28. The summed E-state index contributed by atoms with van der Waals surface area (Å²) in [4.78, 5) is 4.36. The van der Waals surface area contributed by atoms with Gasteiger partial charge in [0.25, 0.3) is 0 Å². The second-order valence-corrected chi connectivity index (χ2v) is 5.28. The summed E-state index contributed by atoms with van der Waals surface area (Å²) >= 11 is 0. The van der Waals surface area contributed by atoms with Crippen molar-refractivity contribution >= 4 is 0 Å². The van der Waals surface area contributed by atoms with E-state index in [0.29, 0.717) is 18.0 Å². The van der Waals surface area contributed by atoms with Gasteiger partial charge in [0.15, 0.2) is 0 Å². The molecule has 2 aliphatic rings. The third kappa shape index (κ3) is 2.11. The Balaban J connectivity index is 1.84. The second-order valence-electron chi connectivity index (χ2n) is 5.28. The lowest BCUT2D eigenvalue weighted by Gasteiger charge is -2.32. The van der Waals surface area contributed by atoms with Crippen LogP contribution < -0.4 is 5.32 Å². The van der Waals surface area contributed by atoms with Crippen molar-refractivity contribution in [1.29, 1.82) is 0 Å². The predicted molar refractivity (Wildman–Crippen MR) is 65.8 cm³/mol. The van der Waals surface area contributed by atoms with Gasteiger partial charge < -0.3 is 14.6 Å². The van der Waals surface area contributed by atoms with Gasteiger partial charge >= 0.3 is 0 Å². The molecule has 4 heteroatoms. The SMILES string of the molecule is CC1COCCC1n1cncc1C1CCCN1. The van der Waals surface area contributed by atoms with E-state index in [1.165, 1.54) is 18.5 Å². The molecule has 3 heterocycles. The molecule has 2 aliphatic heterocycles. The highest BCUT2D eigenvalue weighted by atomic mass is 16.5. The van der Waals surface area contributed by atoms with E-state index < -0.39 is 0 Å². The summed E-state index contributed by atoms with van der Waals surface area (Å²) in [5.74, 6) is 0.582. The fourth-order valence-electron chi connectivity index (χ4n) is 3.08. The van der Waals surface area contributed by atoms with Crippen molar-refractivity contribution in [2.75, 3.05) is 19.8 Å². The number of aromatic nitrogens is 2. The van der Waals surface area contributed by atoms with Crippen LogP contribution >= 0.6 is 0 Å². The molecule has 94 valence electrons. The maximum absolute atomic E-state index is 5.53. The monoisotopic (exact) mass is 235 g/mol. The Morgan fingerprint density at radius 3 is 3.18 bits per heavy atom. The first-order valence-electron chi connectivity index (χ1n) is 6.69. The van der Waals surface area contributed by atoms with Crippen LogP contribution in [0.1, 0.15) is 44.0 Å². The molecule has 2 saturated heterocycles. The van der Waals surface area contributed by atoms with Gasteiger partial charge in [-0.25, -0.2) is 4.98 Å². The Bertz CT molecular complexity index is 370. The van der Waals surface area contributed by atoms with Crippen LogP contribution in [0.5, 0.6) is 0 Å². The summed E-state index contributed by atoms with van der Waals surface area (Å²) in [6.07, 6.45) is 7.66. The van der Waals surface area contributed by atoms with Gasteiger partial charge in [0.05, 0.1) is 18.6 Å². The molecular formula is C13H21N3O. The number of imidazole rings is 1.